The SMILES string of the molecule is O=C(OCC(=O)N1CCCCCC1)c1ccc2noc(-c3ccccc3)c2c1. The van der Waals surface area contributed by atoms with Crippen LogP contribution in [0.1, 0.15) is 36.0 Å². The average molecular weight is 378 g/mol. The van der Waals surface area contributed by atoms with E-state index in [1.54, 1.807) is 23.1 Å². The maximum Gasteiger partial charge on any atom is 0.338 e. The number of carbonyl (C=O) groups excluding carboxylic acids is 2. The van der Waals surface area contributed by atoms with Gasteiger partial charge in [-0.15, -0.1) is 0 Å². The lowest BCUT2D eigenvalue weighted by Crippen LogP contribution is -2.35. The lowest BCUT2D eigenvalue weighted by atomic mass is 10.1. The highest BCUT2D eigenvalue weighted by Gasteiger charge is 2.19. The van der Waals surface area contributed by atoms with Gasteiger partial charge in [0.25, 0.3) is 5.91 Å². The van der Waals surface area contributed by atoms with Crippen LogP contribution in [0.25, 0.3) is 22.2 Å². The fraction of sp³-hybridized carbons (Fsp3) is 0.318. The Hall–Kier alpha value is -3.15. The lowest BCUT2D eigenvalue weighted by Gasteiger charge is -2.19. The van der Waals surface area contributed by atoms with Crippen molar-refractivity contribution in [1.29, 1.82) is 0 Å². The number of likely N-dealkylation sites (tertiary alicyclic amines) is 1. The quantitative estimate of drug-likeness (QED) is 0.640. The first-order valence-corrected chi connectivity index (χ1v) is 9.62. The number of esters is 1. The Kier molecular flexibility index (Phi) is 5.37. The van der Waals surface area contributed by atoms with Crippen LogP contribution in [0.3, 0.4) is 0 Å². The van der Waals surface area contributed by atoms with Gasteiger partial charge >= 0.3 is 5.97 Å². The molecule has 1 aliphatic rings. The second-order valence-corrected chi connectivity index (χ2v) is 6.98. The number of fused-ring (bicyclic) bond motifs is 1. The molecule has 28 heavy (non-hydrogen) atoms. The zero-order valence-electron chi connectivity index (χ0n) is 15.6. The van der Waals surface area contributed by atoms with Crippen molar-refractivity contribution < 1.29 is 18.8 Å². The molecule has 6 nitrogen and oxygen atoms in total. The van der Waals surface area contributed by atoms with Crippen molar-refractivity contribution in [3.63, 3.8) is 0 Å². The Bertz CT molecular complexity index is 973. The number of aromatic nitrogens is 1. The molecule has 2 aromatic carbocycles. The number of amides is 1. The molecule has 1 aliphatic heterocycles. The molecule has 0 bridgehead atoms. The van der Waals surface area contributed by atoms with Gasteiger partial charge in [0, 0.05) is 18.7 Å². The molecule has 0 N–H and O–H groups in total. The fourth-order valence-electron chi connectivity index (χ4n) is 3.49. The Labute approximate surface area is 163 Å². The van der Waals surface area contributed by atoms with E-state index in [1.165, 1.54) is 0 Å². The van der Waals surface area contributed by atoms with Crippen LogP contribution in [0.4, 0.5) is 0 Å². The van der Waals surface area contributed by atoms with Crippen molar-refractivity contribution in [2.24, 2.45) is 0 Å². The zero-order chi connectivity index (χ0) is 19.3. The number of hydrogen-bond acceptors (Lipinski definition) is 5. The standard InChI is InChI=1S/C22H22N2O4/c25-20(24-12-6-1-2-7-13-24)15-27-22(26)17-10-11-19-18(14-17)21(28-23-19)16-8-4-3-5-9-16/h3-5,8-11,14H,1-2,6-7,12-13,15H2. The van der Waals surface area contributed by atoms with E-state index >= 15 is 0 Å². The second kappa shape index (κ2) is 8.25. The van der Waals surface area contributed by atoms with Gasteiger partial charge in [0.15, 0.2) is 12.4 Å². The molecule has 4 rings (SSSR count). The summed E-state index contributed by atoms with van der Waals surface area (Å²) in [5, 5.41) is 4.79. The summed E-state index contributed by atoms with van der Waals surface area (Å²) >= 11 is 0. The Morgan fingerprint density at radius 2 is 1.75 bits per heavy atom. The first-order valence-electron chi connectivity index (χ1n) is 9.62. The van der Waals surface area contributed by atoms with Crippen LogP contribution in [-0.4, -0.2) is 41.6 Å². The molecule has 1 aromatic heterocycles. The first-order chi connectivity index (χ1) is 13.7. The topological polar surface area (TPSA) is 72.6 Å². The average Bonchev–Trinajstić information content (AvgIpc) is 2.96. The molecule has 0 saturated carbocycles. The molecule has 6 heteroatoms. The summed E-state index contributed by atoms with van der Waals surface area (Å²) in [5.74, 6) is -0.0533. The third-order valence-corrected chi connectivity index (χ3v) is 5.03. The molecule has 0 aliphatic carbocycles. The van der Waals surface area contributed by atoms with Crippen LogP contribution in [0.15, 0.2) is 53.1 Å². The summed E-state index contributed by atoms with van der Waals surface area (Å²) in [6, 6.07) is 14.7. The fourth-order valence-corrected chi connectivity index (χ4v) is 3.49. The third-order valence-electron chi connectivity index (χ3n) is 5.03. The van der Waals surface area contributed by atoms with Gasteiger partial charge < -0.3 is 14.2 Å². The van der Waals surface area contributed by atoms with Gasteiger partial charge in [-0.3, -0.25) is 4.79 Å². The molecule has 3 aromatic rings. The summed E-state index contributed by atoms with van der Waals surface area (Å²) < 4.78 is 10.7. The van der Waals surface area contributed by atoms with E-state index in [2.05, 4.69) is 5.16 Å². The number of nitrogens with zero attached hydrogens (tertiary/aromatic N) is 2. The van der Waals surface area contributed by atoms with Gasteiger partial charge in [0.05, 0.1) is 10.9 Å². The number of rotatable bonds is 4. The van der Waals surface area contributed by atoms with Crippen LogP contribution < -0.4 is 0 Å². The predicted molar refractivity (Wildman–Crippen MR) is 105 cm³/mol. The van der Waals surface area contributed by atoms with Crippen molar-refractivity contribution in [2.45, 2.75) is 25.7 Å². The van der Waals surface area contributed by atoms with Gasteiger partial charge in [-0.2, -0.15) is 0 Å². The highest BCUT2D eigenvalue weighted by Crippen LogP contribution is 2.29. The minimum Gasteiger partial charge on any atom is -0.452 e. The van der Waals surface area contributed by atoms with Crippen LogP contribution in [0, 0.1) is 0 Å². The van der Waals surface area contributed by atoms with E-state index in [4.69, 9.17) is 9.26 Å². The molecule has 0 unspecified atom stereocenters. The van der Waals surface area contributed by atoms with Gasteiger partial charge in [-0.1, -0.05) is 48.3 Å². The van der Waals surface area contributed by atoms with Gasteiger partial charge in [-0.25, -0.2) is 4.79 Å². The van der Waals surface area contributed by atoms with E-state index < -0.39 is 5.97 Å². The number of carbonyl (C=O) groups is 2. The smallest absolute Gasteiger partial charge is 0.338 e. The molecule has 144 valence electrons. The minimum atomic E-state index is -0.523. The van der Waals surface area contributed by atoms with Crippen LogP contribution in [0.5, 0.6) is 0 Å². The van der Waals surface area contributed by atoms with E-state index in [0.717, 1.165) is 49.7 Å². The molecule has 0 atom stereocenters. The molecule has 0 spiro atoms. The highest BCUT2D eigenvalue weighted by molar-refractivity contribution is 5.99. The summed E-state index contributed by atoms with van der Waals surface area (Å²) in [7, 11) is 0. The lowest BCUT2D eigenvalue weighted by molar-refractivity contribution is -0.134. The monoisotopic (exact) mass is 378 g/mol. The predicted octanol–water partition coefficient (Wildman–Crippen LogP) is 4.05. The molecule has 0 radical (unpaired) electrons. The van der Waals surface area contributed by atoms with Crippen molar-refractivity contribution in [3.8, 4) is 11.3 Å². The second-order valence-electron chi connectivity index (χ2n) is 6.98. The molecule has 1 saturated heterocycles. The van der Waals surface area contributed by atoms with Crippen molar-refractivity contribution >= 4 is 22.8 Å². The number of hydrogen-bond donors (Lipinski definition) is 0. The maximum atomic E-state index is 12.5. The molecule has 1 fully saturated rings. The van der Waals surface area contributed by atoms with Gasteiger partial charge in [-0.05, 0) is 31.0 Å². The minimum absolute atomic E-state index is 0.133. The van der Waals surface area contributed by atoms with Crippen molar-refractivity contribution in [2.75, 3.05) is 19.7 Å². The number of ether oxygens (including phenoxy) is 1. The van der Waals surface area contributed by atoms with Crippen LogP contribution in [-0.2, 0) is 9.53 Å². The van der Waals surface area contributed by atoms with Gasteiger partial charge in [0.2, 0.25) is 0 Å². The van der Waals surface area contributed by atoms with E-state index in [-0.39, 0.29) is 12.5 Å². The van der Waals surface area contributed by atoms with Crippen LogP contribution in [0.2, 0.25) is 0 Å². The maximum absolute atomic E-state index is 12.5. The van der Waals surface area contributed by atoms with E-state index in [0.29, 0.717) is 16.8 Å². The van der Waals surface area contributed by atoms with Crippen LogP contribution >= 0.6 is 0 Å². The normalized spacial score (nSPS) is 14.6. The summed E-state index contributed by atoms with van der Waals surface area (Å²) in [6.07, 6.45) is 4.30. The van der Waals surface area contributed by atoms with Crippen molar-refractivity contribution in [3.05, 3.63) is 54.1 Å². The summed E-state index contributed by atoms with van der Waals surface area (Å²) in [6.45, 7) is 1.25. The Morgan fingerprint density at radius 3 is 2.50 bits per heavy atom. The molecule has 2 heterocycles. The zero-order valence-corrected chi connectivity index (χ0v) is 15.6. The summed E-state index contributed by atoms with van der Waals surface area (Å²) in [4.78, 5) is 26.6. The molecular weight excluding hydrogens is 356 g/mol. The summed E-state index contributed by atoms with van der Waals surface area (Å²) in [5.41, 5.74) is 1.92. The molecule has 1 amide bonds. The first kappa shape index (κ1) is 18.2. The van der Waals surface area contributed by atoms with E-state index in [9.17, 15) is 9.59 Å². The van der Waals surface area contributed by atoms with Crippen molar-refractivity contribution in [1.82, 2.24) is 10.1 Å². The third kappa shape index (κ3) is 3.91. The Morgan fingerprint density at radius 1 is 1.00 bits per heavy atom. The largest absolute Gasteiger partial charge is 0.452 e. The number of benzene rings is 2. The Balaban J connectivity index is 1.47. The highest BCUT2D eigenvalue weighted by atomic mass is 16.5. The van der Waals surface area contributed by atoms with Gasteiger partial charge in [0.1, 0.15) is 5.52 Å². The molecular formula is C22H22N2O4. The van der Waals surface area contributed by atoms with E-state index in [1.807, 2.05) is 30.3 Å².